The van der Waals surface area contributed by atoms with Crippen LogP contribution < -0.4 is 0 Å². The van der Waals surface area contributed by atoms with Crippen molar-refractivity contribution in [1.82, 2.24) is 15.0 Å². The Morgan fingerprint density at radius 1 is 0.686 bits per heavy atom. The average Bonchev–Trinajstić information content (AvgIpc) is 3.34. The second-order valence-electron chi connectivity index (χ2n) is 7.63. The van der Waals surface area contributed by atoms with Gasteiger partial charge in [0, 0.05) is 49.0 Å². The summed E-state index contributed by atoms with van der Waals surface area (Å²) >= 11 is 0. The zero-order valence-electron chi connectivity index (χ0n) is 18.4. The first-order chi connectivity index (χ1) is 16.7. The topological polar surface area (TPSA) is 72.8 Å². The molecule has 0 aliphatic heterocycles. The Bertz CT molecular complexity index is 1500. The third-order valence-electron chi connectivity index (χ3n) is 5.43. The summed E-state index contributed by atoms with van der Waals surface area (Å²) < 4.78 is 0. The third kappa shape index (κ3) is 5.19. The molecule has 0 saturated carbocycles. The average molecular weight is 633 g/mol. The second kappa shape index (κ2) is 10.9. The number of aldehydes is 2. The summed E-state index contributed by atoms with van der Waals surface area (Å²) in [5.41, 5.74) is 7.82. The quantitative estimate of drug-likeness (QED) is 0.177. The van der Waals surface area contributed by atoms with E-state index in [1.807, 2.05) is 24.3 Å². The minimum Gasteiger partial charge on any atom is -0.298 e. The van der Waals surface area contributed by atoms with Gasteiger partial charge in [-0.2, -0.15) is 0 Å². The van der Waals surface area contributed by atoms with Crippen LogP contribution in [0.2, 0.25) is 0 Å². The first kappa shape index (κ1) is 24.0. The second-order valence-corrected chi connectivity index (χ2v) is 7.63. The van der Waals surface area contributed by atoms with E-state index in [1.54, 1.807) is 24.3 Å². The molecule has 0 spiro atoms. The van der Waals surface area contributed by atoms with Gasteiger partial charge in [0.15, 0.2) is 0 Å². The maximum atomic E-state index is 10.6. The minimum absolute atomic E-state index is 0. The van der Waals surface area contributed by atoms with Gasteiger partial charge in [-0.05, 0) is 47.2 Å². The smallest absolute Gasteiger partial charge is 0.150 e. The zero-order chi connectivity index (χ0) is 23.3. The number of benzene rings is 2. The predicted molar refractivity (Wildman–Crippen MR) is 133 cm³/mol. The molecule has 1 radical (unpaired) electrons. The Morgan fingerprint density at radius 2 is 1.37 bits per heavy atom. The number of rotatable bonds is 4. The van der Waals surface area contributed by atoms with Crippen molar-refractivity contribution in [2.75, 3.05) is 0 Å². The summed E-state index contributed by atoms with van der Waals surface area (Å²) in [6.07, 6.45) is 8.87. The molecule has 171 valence electrons. The molecule has 1 aliphatic rings. The van der Waals surface area contributed by atoms with Gasteiger partial charge in [-0.1, -0.05) is 30.4 Å². The normalized spacial score (nSPS) is 10.7. The molecule has 6 rings (SSSR count). The Labute approximate surface area is 216 Å². The van der Waals surface area contributed by atoms with Crippen LogP contribution >= 0.6 is 0 Å². The molecule has 0 fully saturated rings. The minimum atomic E-state index is 0. The molecule has 5 aromatic rings. The van der Waals surface area contributed by atoms with E-state index in [0.29, 0.717) is 22.5 Å². The van der Waals surface area contributed by atoms with E-state index in [0.717, 1.165) is 29.3 Å². The van der Waals surface area contributed by atoms with Crippen molar-refractivity contribution in [3.63, 3.8) is 0 Å². The summed E-state index contributed by atoms with van der Waals surface area (Å²) in [5, 5.41) is 1.26. The molecule has 0 saturated heterocycles. The molecule has 3 aromatic heterocycles. The summed E-state index contributed by atoms with van der Waals surface area (Å²) in [5.74, 6) is 0. The SMILES string of the molecule is O=Cc1ccnc(-c2cc(C=O)ccn2)c1.[Ir].[c-]1ccccc1-c1cc2c3c(cccc3n1)C=C2. The number of nitrogens with zero attached hydrogens (tertiary/aromatic N) is 3. The molecule has 0 unspecified atom stereocenters. The van der Waals surface area contributed by atoms with Crippen molar-refractivity contribution >= 4 is 35.6 Å². The molecule has 1 aliphatic carbocycles. The van der Waals surface area contributed by atoms with E-state index < -0.39 is 0 Å². The Kier molecular flexibility index (Phi) is 7.46. The van der Waals surface area contributed by atoms with Gasteiger partial charge in [0.25, 0.3) is 0 Å². The van der Waals surface area contributed by atoms with Crippen LogP contribution in [-0.2, 0) is 20.1 Å². The first-order valence-electron chi connectivity index (χ1n) is 10.7. The molecule has 35 heavy (non-hydrogen) atoms. The molecule has 0 atom stereocenters. The van der Waals surface area contributed by atoms with Crippen LogP contribution in [0.15, 0.2) is 85.2 Å². The van der Waals surface area contributed by atoms with E-state index in [1.165, 1.54) is 28.9 Å². The van der Waals surface area contributed by atoms with Gasteiger partial charge in [0.05, 0.1) is 16.9 Å². The van der Waals surface area contributed by atoms with E-state index in [2.05, 4.69) is 52.5 Å². The predicted octanol–water partition coefficient (Wildman–Crippen LogP) is 5.95. The number of carbonyl (C=O) groups excluding carboxylic acids is 2. The molecular formula is C29H18IrN3O2-. The van der Waals surface area contributed by atoms with Gasteiger partial charge in [0.1, 0.15) is 12.6 Å². The molecule has 0 N–H and O–H groups in total. The van der Waals surface area contributed by atoms with Crippen molar-refractivity contribution in [3.05, 3.63) is 114 Å². The molecule has 0 amide bonds. The van der Waals surface area contributed by atoms with Crippen LogP contribution in [0.4, 0.5) is 0 Å². The number of hydrogen-bond acceptors (Lipinski definition) is 5. The third-order valence-corrected chi connectivity index (χ3v) is 5.43. The fraction of sp³-hybridized carbons (Fsp3) is 0. The summed E-state index contributed by atoms with van der Waals surface area (Å²) in [7, 11) is 0. The Balaban J connectivity index is 0.000000162. The summed E-state index contributed by atoms with van der Waals surface area (Å²) in [6, 6.07) is 26.1. The molecule has 0 bridgehead atoms. The molecule has 3 heterocycles. The number of pyridine rings is 3. The fourth-order valence-electron chi connectivity index (χ4n) is 3.81. The number of hydrogen-bond donors (Lipinski definition) is 0. The fourth-order valence-corrected chi connectivity index (χ4v) is 3.81. The molecule has 2 aromatic carbocycles. The maximum Gasteiger partial charge on any atom is 0.150 e. The van der Waals surface area contributed by atoms with E-state index >= 15 is 0 Å². The number of aromatic nitrogens is 3. The maximum absolute atomic E-state index is 10.6. The van der Waals surface area contributed by atoms with Gasteiger partial charge in [-0.3, -0.25) is 24.5 Å². The largest absolute Gasteiger partial charge is 0.298 e. The van der Waals surface area contributed by atoms with Crippen LogP contribution in [0.1, 0.15) is 31.8 Å². The van der Waals surface area contributed by atoms with Crippen molar-refractivity contribution in [3.8, 4) is 22.6 Å². The van der Waals surface area contributed by atoms with Crippen molar-refractivity contribution < 1.29 is 29.7 Å². The summed E-state index contributed by atoms with van der Waals surface area (Å²) in [6.45, 7) is 0. The van der Waals surface area contributed by atoms with Crippen molar-refractivity contribution in [1.29, 1.82) is 0 Å². The van der Waals surface area contributed by atoms with Crippen LogP contribution in [0, 0.1) is 6.07 Å². The van der Waals surface area contributed by atoms with Crippen molar-refractivity contribution in [2.24, 2.45) is 0 Å². The van der Waals surface area contributed by atoms with Gasteiger partial charge in [-0.15, -0.1) is 35.9 Å². The summed E-state index contributed by atoms with van der Waals surface area (Å²) in [4.78, 5) is 34.1. The van der Waals surface area contributed by atoms with E-state index in [4.69, 9.17) is 4.98 Å². The monoisotopic (exact) mass is 633 g/mol. The Hall–Kier alpha value is -4.12. The van der Waals surface area contributed by atoms with Gasteiger partial charge < -0.3 is 0 Å². The first-order valence-corrected chi connectivity index (χ1v) is 10.7. The van der Waals surface area contributed by atoms with Crippen LogP contribution in [0.25, 0.3) is 45.7 Å². The van der Waals surface area contributed by atoms with Gasteiger partial charge >= 0.3 is 0 Å². The standard InChI is InChI=1S/C17H10N.C12H8N2O2.Ir/c1-2-5-12(6-3-1)16-11-14-10-9-13-7-4-8-15(18-16)17(13)14;15-7-9-1-3-13-11(5-9)12-6-10(8-16)2-4-14-12;/h1-5,7-11H;1-8H;/q-1;;. The van der Waals surface area contributed by atoms with Crippen molar-refractivity contribution in [2.45, 2.75) is 0 Å². The van der Waals surface area contributed by atoms with Gasteiger partial charge in [-0.25, -0.2) is 0 Å². The van der Waals surface area contributed by atoms with Gasteiger partial charge in [0.2, 0.25) is 0 Å². The molecule has 5 nitrogen and oxygen atoms in total. The van der Waals surface area contributed by atoms with Crippen LogP contribution in [0.5, 0.6) is 0 Å². The van der Waals surface area contributed by atoms with E-state index in [-0.39, 0.29) is 20.1 Å². The molecular weight excluding hydrogens is 615 g/mol. The number of carbonyl (C=O) groups is 2. The molecule has 6 heteroatoms. The van der Waals surface area contributed by atoms with Crippen LogP contribution in [-0.4, -0.2) is 27.5 Å². The zero-order valence-corrected chi connectivity index (χ0v) is 20.8. The van der Waals surface area contributed by atoms with Crippen LogP contribution in [0.3, 0.4) is 0 Å². The Morgan fingerprint density at radius 3 is 2.00 bits per heavy atom. The van der Waals surface area contributed by atoms with E-state index in [9.17, 15) is 9.59 Å².